The van der Waals surface area contributed by atoms with Crippen molar-refractivity contribution in [3.63, 3.8) is 0 Å². The van der Waals surface area contributed by atoms with E-state index in [1.807, 2.05) is 32.3 Å². The smallest absolute Gasteiger partial charge is 0.228 e. The number of ether oxygens (including phenoxy) is 1. The van der Waals surface area contributed by atoms with E-state index in [0.717, 1.165) is 41.2 Å². The number of nitrogens with zero attached hydrogens (tertiary/aromatic N) is 2. The lowest BCUT2D eigenvalue weighted by Crippen LogP contribution is -2.12. The highest BCUT2D eigenvalue weighted by Crippen LogP contribution is 2.33. The van der Waals surface area contributed by atoms with Gasteiger partial charge in [0.25, 0.3) is 0 Å². The number of hydrogen-bond donors (Lipinski definition) is 2. The lowest BCUT2D eigenvalue weighted by molar-refractivity contribution is -0.115. The molecule has 0 atom stereocenters. The predicted octanol–water partition coefficient (Wildman–Crippen LogP) is 1.57. The van der Waals surface area contributed by atoms with Gasteiger partial charge in [0.15, 0.2) is 0 Å². The number of rotatable bonds is 6. The highest BCUT2D eigenvalue weighted by atomic mass is 16.5. The van der Waals surface area contributed by atoms with Gasteiger partial charge in [0.2, 0.25) is 11.8 Å². The number of aryl methyl sites for hydroxylation is 1. The van der Waals surface area contributed by atoms with Crippen LogP contribution < -0.4 is 15.4 Å². The van der Waals surface area contributed by atoms with Crippen LogP contribution in [0.3, 0.4) is 0 Å². The summed E-state index contributed by atoms with van der Waals surface area (Å²) in [5, 5.41) is 10.2. The molecule has 3 rings (SSSR count). The molecule has 6 heteroatoms. The molecule has 0 unspecified atom stereocenters. The predicted molar refractivity (Wildman–Crippen MR) is 85.0 cm³/mol. The van der Waals surface area contributed by atoms with Gasteiger partial charge in [0.05, 0.1) is 24.8 Å². The maximum absolute atomic E-state index is 11.5. The molecule has 6 nitrogen and oxygen atoms in total. The van der Waals surface area contributed by atoms with Gasteiger partial charge in [-0.05, 0) is 43.3 Å². The molecule has 116 valence electrons. The molecule has 2 N–H and O–H groups in total. The summed E-state index contributed by atoms with van der Waals surface area (Å²) >= 11 is 0. The molecule has 0 saturated carbocycles. The van der Waals surface area contributed by atoms with Crippen molar-refractivity contribution in [2.24, 2.45) is 7.05 Å². The van der Waals surface area contributed by atoms with Crippen LogP contribution in [0.1, 0.15) is 12.0 Å². The van der Waals surface area contributed by atoms with E-state index in [-0.39, 0.29) is 5.91 Å². The minimum absolute atomic E-state index is 0.0434. The minimum atomic E-state index is 0.0434. The van der Waals surface area contributed by atoms with E-state index in [1.54, 1.807) is 10.9 Å². The van der Waals surface area contributed by atoms with Crippen LogP contribution in [-0.4, -0.2) is 35.9 Å². The third kappa shape index (κ3) is 2.82. The number of amides is 1. The third-order valence-corrected chi connectivity index (χ3v) is 3.74. The topological polar surface area (TPSA) is 68.2 Å². The minimum Gasteiger partial charge on any atom is -0.477 e. The van der Waals surface area contributed by atoms with E-state index in [2.05, 4.69) is 15.7 Å². The van der Waals surface area contributed by atoms with Crippen molar-refractivity contribution >= 4 is 11.6 Å². The van der Waals surface area contributed by atoms with Crippen LogP contribution >= 0.6 is 0 Å². The molecule has 0 bridgehead atoms. The number of fused-ring (bicyclic) bond motifs is 1. The summed E-state index contributed by atoms with van der Waals surface area (Å²) in [6.07, 6.45) is 3.17. The van der Waals surface area contributed by atoms with Crippen molar-refractivity contribution in [1.82, 2.24) is 15.1 Å². The number of hydrogen-bond acceptors (Lipinski definition) is 4. The molecule has 0 saturated heterocycles. The van der Waals surface area contributed by atoms with Crippen LogP contribution in [0.5, 0.6) is 5.88 Å². The maximum Gasteiger partial charge on any atom is 0.228 e. The van der Waals surface area contributed by atoms with E-state index >= 15 is 0 Å². The summed E-state index contributed by atoms with van der Waals surface area (Å²) in [6, 6.07) is 5.96. The maximum atomic E-state index is 11.5. The van der Waals surface area contributed by atoms with Crippen molar-refractivity contribution < 1.29 is 9.53 Å². The Morgan fingerprint density at radius 2 is 2.32 bits per heavy atom. The summed E-state index contributed by atoms with van der Waals surface area (Å²) < 4.78 is 7.62. The Bertz CT molecular complexity index is 693. The van der Waals surface area contributed by atoms with Gasteiger partial charge in [-0.1, -0.05) is 6.07 Å². The Balaban J connectivity index is 1.83. The lowest BCUT2D eigenvalue weighted by Gasteiger charge is -2.10. The summed E-state index contributed by atoms with van der Waals surface area (Å²) in [5.74, 6) is 0.801. The monoisotopic (exact) mass is 300 g/mol. The fourth-order valence-electron chi connectivity index (χ4n) is 2.61. The van der Waals surface area contributed by atoms with E-state index in [9.17, 15) is 4.79 Å². The number of carbonyl (C=O) groups excluding carboxylic acids is 1. The molecule has 1 amide bonds. The molecular formula is C16H20N4O2. The largest absolute Gasteiger partial charge is 0.477 e. The first-order valence-electron chi connectivity index (χ1n) is 7.41. The van der Waals surface area contributed by atoms with E-state index in [4.69, 9.17) is 4.74 Å². The summed E-state index contributed by atoms with van der Waals surface area (Å²) in [4.78, 5) is 11.5. The molecule has 1 aliphatic rings. The second-order valence-electron chi connectivity index (χ2n) is 5.39. The molecule has 0 fully saturated rings. The molecule has 1 aromatic heterocycles. The van der Waals surface area contributed by atoms with Gasteiger partial charge in [0, 0.05) is 12.7 Å². The van der Waals surface area contributed by atoms with Gasteiger partial charge >= 0.3 is 0 Å². The van der Waals surface area contributed by atoms with Crippen molar-refractivity contribution in [3.05, 3.63) is 30.0 Å². The van der Waals surface area contributed by atoms with Crippen LogP contribution in [0, 0.1) is 0 Å². The van der Waals surface area contributed by atoms with Crippen molar-refractivity contribution in [1.29, 1.82) is 0 Å². The fraction of sp³-hybridized carbons (Fsp3) is 0.375. The molecule has 22 heavy (non-hydrogen) atoms. The summed E-state index contributed by atoms with van der Waals surface area (Å²) in [6.45, 7) is 1.55. The molecule has 2 heterocycles. The van der Waals surface area contributed by atoms with Gasteiger partial charge in [-0.2, -0.15) is 5.10 Å². The molecule has 0 spiro atoms. The molecular weight excluding hydrogens is 280 g/mol. The average molecular weight is 300 g/mol. The summed E-state index contributed by atoms with van der Waals surface area (Å²) in [7, 11) is 3.80. The van der Waals surface area contributed by atoms with Crippen LogP contribution in [0.25, 0.3) is 11.1 Å². The summed E-state index contributed by atoms with van der Waals surface area (Å²) in [5.41, 5.74) is 3.89. The number of benzene rings is 1. The zero-order valence-corrected chi connectivity index (χ0v) is 12.8. The van der Waals surface area contributed by atoms with Gasteiger partial charge < -0.3 is 15.4 Å². The Morgan fingerprint density at radius 3 is 3.14 bits per heavy atom. The number of aromatic nitrogens is 2. The highest BCUT2D eigenvalue weighted by Gasteiger charge is 2.19. The van der Waals surface area contributed by atoms with Gasteiger partial charge in [0.1, 0.15) is 0 Å². The first-order valence-corrected chi connectivity index (χ1v) is 7.41. The second kappa shape index (κ2) is 6.19. The molecule has 0 radical (unpaired) electrons. The Kier molecular flexibility index (Phi) is 4.11. The zero-order chi connectivity index (χ0) is 15.5. The van der Waals surface area contributed by atoms with Gasteiger partial charge in [-0.3, -0.25) is 4.79 Å². The first kappa shape index (κ1) is 14.6. The lowest BCUT2D eigenvalue weighted by atomic mass is 10.0. The Morgan fingerprint density at radius 1 is 1.45 bits per heavy atom. The second-order valence-corrected chi connectivity index (χ2v) is 5.39. The third-order valence-electron chi connectivity index (χ3n) is 3.74. The van der Waals surface area contributed by atoms with E-state index < -0.39 is 0 Å². The quantitative estimate of drug-likeness (QED) is 0.795. The van der Waals surface area contributed by atoms with Crippen LogP contribution in [-0.2, 0) is 18.3 Å². The number of anilines is 1. The van der Waals surface area contributed by atoms with Crippen molar-refractivity contribution in [3.8, 4) is 17.0 Å². The van der Waals surface area contributed by atoms with Crippen LogP contribution in [0.2, 0.25) is 0 Å². The zero-order valence-electron chi connectivity index (χ0n) is 12.8. The Labute approximate surface area is 129 Å². The molecule has 0 aliphatic carbocycles. The van der Waals surface area contributed by atoms with Gasteiger partial charge in [-0.25, -0.2) is 4.68 Å². The standard InChI is InChI=1S/C16H20N4O2/c1-17-6-3-7-22-16-13(10-18-20(16)2)11-4-5-14-12(8-11)9-15(21)19-14/h4-5,8,10,17H,3,6-7,9H2,1-2H3,(H,19,21). The normalized spacial score (nSPS) is 13.1. The fourth-order valence-corrected chi connectivity index (χ4v) is 2.61. The van der Waals surface area contributed by atoms with Crippen molar-refractivity contribution in [2.45, 2.75) is 12.8 Å². The average Bonchev–Trinajstić information content (AvgIpc) is 3.05. The van der Waals surface area contributed by atoms with Crippen molar-refractivity contribution in [2.75, 3.05) is 25.5 Å². The number of nitrogens with one attached hydrogen (secondary N) is 2. The molecule has 2 aromatic rings. The van der Waals surface area contributed by atoms with E-state index in [0.29, 0.717) is 13.0 Å². The molecule has 1 aromatic carbocycles. The number of carbonyl (C=O) groups is 1. The highest BCUT2D eigenvalue weighted by molar-refractivity contribution is 5.99. The molecule has 1 aliphatic heterocycles. The van der Waals surface area contributed by atoms with Crippen LogP contribution in [0.15, 0.2) is 24.4 Å². The van der Waals surface area contributed by atoms with Crippen LogP contribution in [0.4, 0.5) is 5.69 Å². The SMILES string of the molecule is CNCCCOc1c(-c2ccc3c(c2)CC(=O)N3)cnn1C. The van der Waals surface area contributed by atoms with Gasteiger partial charge in [-0.15, -0.1) is 0 Å². The Hall–Kier alpha value is -2.34. The first-order chi connectivity index (χ1) is 10.7. The van der Waals surface area contributed by atoms with E-state index in [1.165, 1.54) is 0 Å².